The first-order valence-corrected chi connectivity index (χ1v) is 6.65. The van der Waals surface area contributed by atoms with Gasteiger partial charge in [0.2, 0.25) is 0 Å². The zero-order chi connectivity index (χ0) is 13.2. The normalized spacial score (nSPS) is 10.6. The summed E-state index contributed by atoms with van der Waals surface area (Å²) in [4.78, 5) is 16.6. The number of nitrogens with zero attached hydrogens (tertiary/aromatic N) is 2. The van der Waals surface area contributed by atoms with Gasteiger partial charge in [0.25, 0.3) is 5.91 Å². The molecule has 0 unspecified atom stereocenters. The van der Waals surface area contributed by atoms with E-state index in [9.17, 15) is 4.79 Å². The molecule has 0 radical (unpaired) electrons. The summed E-state index contributed by atoms with van der Waals surface area (Å²) in [6.07, 6.45) is 3.24. The second-order valence-electron chi connectivity index (χ2n) is 3.86. The average Bonchev–Trinajstić information content (AvgIpc) is 2.82. The van der Waals surface area contributed by atoms with Crippen LogP contribution in [-0.4, -0.2) is 15.3 Å². The molecular formula is C13H8ClN3OS. The number of hydrogen-bond acceptors (Lipinski definition) is 4. The minimum Gasteiger partial charge on any atom is -0.321 e. The van der Waals surface area contributed by atoms with Crippen LogP contribution in [-0.2, 0) is 0 Å². The molecule has 2 aromatic heterocycles. The third kappa shape index (κ3) is 2.43. The van der Waals surface area contributed by atoms with Crippen molar-refractivity contribution in [2.45, 2.75) is 0 Å². The quantitative estimate of drug-likeness (QED) is 0.784. The predicted molar refractivity (Wildman–Crippen MR) is 76.8 cm³/mol. The van der Waals surface area contributed by atoms with Crippen LogP contribution < -0.4 is 5.32 Å². The number of aromatic nitrogens is 2. The van der Waals surface area contributed by atoms with Gasteiger partial charge >= 0.3 is 0 Å². The average molecular weight is 290 g/mol. The molecule has 0 saturated carbocycles. The molecule has 94 valence electrons. The smallest absolute Gasteiger partial charge is 0.268 e. The van der Waals surface area contributed by atoms with Crippen LogP contribution in [0.25, 0.3) is 10.9 Å². The Balaban J connectivity index is 1.96. The number of pyridine rings is 1. The van der Waals surface area contributed by atoms with Crippen molar-refractivity contribution in [2.24, 2.45) is 0 Å². The Kier molecular flexibility index (Phi) is 3.15. The van der Waals surface area contributed by atoms with E-state index in [1.807, 2.05) is 0 Å². The molecule has 0 fully saturated rings. The van der Waals surface area contributed by atoms with Crippen molar-refractivity contribution in [1.82, 2.24) is 9.36 Å². The van der Waals surface area contributed by atoms with Gasteiger partial charge in [-0.1, -0.05) is 11.6 Å². The molecule has 0 atom stereocenters. The molecule has 1 amide bonds. The lowest BCUT2D eigenvalue weighted by Crippen LogP contribution is -2.10. The molecule has 0 spiro atoms. The Morgan fingerprint density at radius 1 is 1.21 bits per heavy atom. The Morgan fingerprint density at radius 2 is 2.00 bits per heavy atom. The number of rotatable bonds is 2. The van der Waals surface area contributed by atoms with Crippen molar-refractivity contribution in [3.05, 3.63) is 52.6 Å². The van der Waals surface area contributed by atoms with E-state index in [2.05, 4.69) is 14.7 Å². The van der Waals surface area contributed by atoms with Gasteiger partial charge in [0, 0.05) is 28.5 Å². The van der Waals surface area contributed by atoms with E-state index in [4.69, 9.17) is 11.6 Å². The van der Waals surface area contributed by atoms with Crippen LogP contribution in [0.3, 0.4) is 0 Å². The van der Waals surface area contributed by atoms with Gasteiger partial charge in [-0.05, 0) is 41.9 Å². The maximum Gasteiger partial charge on any atom is 0.268 e. The predicted octanol–water partition coefficient (Wildman–Crippen LogP) is 3.60. The van der Waals surface area contributed by atoms with Gasteiger partial charge in [-0.15, -0.1) is 0 Å². The van der Waals surface area contributed by atoms with Crippen molar-refractivity contribution >= 4 is 45.6 Å². The fourth-order valence-corrected chi connectivity index (χ4v) is 2.62. The van der Waals surface area contributed by atoms with Gasteiger partial charge in [0.15, 0.2) is 0 Å². The topological polar surface area (TPSA) is 54.9 Å². The zero-order valence-electron chi connectivity index (χ0n) is 9.63. The van der Waals surface area contributed by atoms with E-state index < -0.39 is 0 Å². The second kappa shape index (κ2) is 4.95. The highest BCUT2D eigenvalue weighted by Crippen LogP contribution is 2.26. The Hall–Kier alpha value is -1.98. The Labute approximate surface area is 118 Å². The molecule has 0 aliphatic heterocycles. The molecule has 0 bridgehead atoms. The molecule has 1 aromatic carbocycles. The molecular weight excluding hydrogens is 282 g/mol. The molecule has 0 saturated heterocycles. The minimum absolute atomic E-state index is 0.194. The van der Waals surface area contributed by atoms with Crippen LogP contribution in [0.4, 0.5) is 5.69 Å². The fraction of sp³-hybridized carbons (Fsp3) is 0. The lowest BCUT2D eigenvalue weighted by molar-refractivity contribution is 0.103. The molecule has 6 heteroatoms. The third-order valence-electron chi connectivity index (χ3n) is 2.58. The van der Waals surface area contributed by atoms with Crippen molar-refractivity contribution in [1.29, 1.82) is 0 Å². The summed E-state index contributed by atoms with van der Waals surface area (Å²) < 4.78 is 4.23. The number of carbonyl (C=O) groups is 1. The van der Waals surface area contributed by atoms with Crippen molar-refractivity contribution < 1.29 is 4.79 Å². The van der Waals surface area contributed by atoms with Crippen LogP contribution in [0, 0.1) is 0 Å². The maximum absolute atomic E-state index is 12.2. The Bertz CT molecular complexity index is 742. The molecule has 1 N–H and O–H groups in total. The number of benzene rings is 1. The highest BCUT2D eigenvalue weighted by Gasteiger charge is 2.14. The molecule has 0 aliphatic carbocycles. The van der Waals surface area contributed by atoms with Gasteiger partial charge in [0.05, 0.1) is 5.52 Å². The van der Waals surface area contributed by atoms with Crippen LogP contribution in [0.15, 0.2) is 42.7 Å². The number of halogens is 1. The van der Waals surface area contributed by atoms with E-state index in [1.165, 1.54) is 0 Å². The fourth-order valence-electron chi connectivity index (χ4n) is 1.70. The van der Waals surface area contributed by atoms with Crippen LogP contribution in [0.1, 0.15) is 9.67 Å². The summed E-state index contributed by atoms with van der Waals surface area (Å²) in [7, 11) is 0. The largest absolute Gasteiger partial charge is 0.321 e. The molecule has 3 aromatic rings. The van der Waals surface area contributed by atoms with Crippen LogP contribution >= 0.6 is 23.1 Å². The first-order chi connectivity index (χ1) is 9.24. The molecule has 4 nitrogen and oxygen atoms in total. The summed E-state index contributed by atoms with van der Waals surface area (Å²) in [6, 6.07) is 8.77. The number of hydrogen-bond donors (Lipinski definition) is 1. The van der Waals surface area contributed by atoms with Gasteiger partial charge in [-0.3, -0.25) is 9.78 Å². The third-order valence-corrected chi connectivity index (χ3v) is 3.69. The summed E-state index contributed by atoms with van der Waals surface area (Å²) in [5, 5.41) is 4.16. The van der Waals surface area contributed by atoms with Crippen LogP contribution in [0.2, 0.25) is 5.02 Å². The van der Waals surface area contributed by atoms with E-state index >= 15 is 0 Å². The van der Waals surface area contributed by atoms with Crippen molar-refractivity contribution in [3.8, 4) is 0 Å². The van der Waals surface area contributed by atoms with Crippen LogP contribution in [0.5, 0.6) is 0 Å². The first kappa shape index (κ1) is 12.1. The number of amides is 1. The van der Waals surface area contributed by atoms with E-state index in [0.717, 1.165) is 22.4 Å². The SMILES string of the molecule is O=C(Nc1ccncc1)c1snc2ccc(Cl)cc12. The number of nitrogens with one attached hydrogen (secondary N) is 1. The number of carbonyl (C=O) groups excluding carboxylic acids is 1. The standard InChI is InChI=1S/C13H8ClN3OS/c14-8-1-2-11-10(7-8)12(19-17-11)13(18)16-9-3-5-15-6-4-9/h1-7H,(H,15,16,18). The van der Waals surface area contributed by atoms with Crippen molar-refractivity contribution in [3.63, 3.8) is 0 Å². The van der Waals surface area contributed by atoms with E-state index in [1.54, 1.807) is 42.7 Å². The Morgan fingerprint density at radius 3 is 2.79 bits per heavy atom. The number of fused-ring (bicyclic) bond motifs is 1. The first-order valence-electron chi connectivity index (χ1n) is 5.50. The maximum atomic E-state index is 12.2. The van der Waals surface area contributed by atoms with Gasteiger partial charge in [-0.2, -0.15) is 4.37 Å². The summed E-state index contributed by atoms with van der Waals surface area (Å²) in [6.45, 7) is 0. The minimum atomic E-state index is -0.194. The van der Waals surface area contributed by atoms with Crippen molar-refractivity contribution in [2.75, 3.05) is 5.32 Å². The summed E-state index contributed by atoms with van der Waals surface area (Å²) in [5.74, 6) is -0.194. The summed E-state index contributed by atoms with van der Waals surface area (Å²) >= 11 is 7.11. The second-order valence-corrected chi connectivity index (χ2v) is 5.07. The van der Waals surface area contributed by atoms with E-state index in [-0.39, 0.29) is 5.91 Å². The lowest BCUT2D eigenvalue weighted by Gasteiger charge is -2.02. The molecule has 19 heavy (non-hydrogen) atoms. The highest BCUT2D eigenvalue weighted by molar-refractivity contribution is 7.09. The molecule has 3 rings (SSSR count). The van der Waals surface area contributed by atoms with Gasteiger partial charge in [-0.25, -0.2) is 0 Å². The molecule has 0 aliphatic rings. The summed E-state index contributed by atoms with van der Waals surface area (Å²) in [5.41, 5.74) is 1.47. The van der Waals surface area contributed by atoms with E-state index in [0.29, 0.717) is 15.6 Å². The lowest BCUT2D eigenvalue weighted by atomic mass is 10.2. The zero-order valence-corrected chi connectivity index (χ0v) is 11.2. The van der Waals surface area contributed by atoms with Gasteiger partial charge < -0.3 is 5.32 Å². The van der Waals surface area contributed by atoms with Gasteiger partial charge in [0.1, 0.15) is 4.88 Å². The molecule has 2 heterocycles. The monoisotopic (exact) mass is 289 g/mol. The number of anilines is 1. The highest BCUT2D eigenvalue weighted by atomic mass is 35.5.